The van der Waals surface area contributed by atoms with Gasteiger partial charge in [-0.3, -0.25) is 0 Å². The van der Waals surface area contributed by atoms with Gasteiger partial charge in [-0.15, -0.1) is 0 Å². The molecule has 0 radical (unpaired) electrons. The highest BCUT2D eigenvalue weighted by Crippen LogP contribution is 2.38. The van der Waals surface area contributed by atoms with Crippen LogP contribution in [0.3, 0.4) is 0 Å². The molecule has 1 aromatic carbocycles. The summed E-state index contributed by atoms with van der Waals surface area (Å²) in [5.74, 6) is 0. The van der Waals surface area contributed by atoms with E-state index >= 15 is 0 Å². The quantitative estimate of drug-likeness (QED) is 0.760. The van der Waals surface area contributed by atoms with Gasteiger partial charge in [-0.25, -0.2) is 4.79 Å². The molecule has 1 heterocycles. The Morgan fingerprint density at radius 3 is 2.34 bits per heavy atom. The third kappa shape index (κ3) is 5.85. The fourth-order valence-electron chi connectivity index (χ4n) is 2.78. The van der Waals surface area contributed by atoms with E-state index in [0.29, 0.717) is 11.0 Å². The number of benzene rings is 1. The second kappa shape index (κ2) is 8.21. The number of carbonyl (C=O) groups is 1. The number of aryl methyl sites for hydroxylation is 1. The molecule has 1 aliphatic heterocycles. The predicted octanol–water partition coefficient (Wildman–Crippen LogP) is 4.41. The molecule has 0 saturated carbocycles. The molecule has 0 aliphatic carbocycles. The summed E-state index contributed by atoms with van der Waals surface area (Å²) in [5.41, 5.74) is 1.37. The van der Waals surface area contributed by atoms with Crippen LogP contribution < -0.4 is 5.32 Å². The molecule has 1 aromatic rings. The van der Waals surface area contributed by atoms with Crippen molar-refractivity contribution in [3.05, 3.63) is 40.4 Å². The molecule has 0 unspecified atom stereocenters. The molecule has 0 aromatic heterocycles. The van der Waals surface area contributed by atoms with Crippen LogP contribution in [-0.2, 0) is 14.0 Å². The van der Waals surface area contributed by atoms with E-state index in [-0.39, 0.29) is 6.54 Å². The minimum atomic E-state index is -0.650. The Labute approximate surface area is 174 Å². The van der Waals surface area contributed by atoms with Crippen LogP contribution in [0.5, 0.6) is 0 Å². The first-order valence-corrected chi connectivity index (χ1v) is 9.78. The molecule has 6 nitrogen and oxygen atoms in total. The summed E-state index contributed by atoms with van der Waals surface area (Å²) in [7, 11) is -0.650. The van der Waals surface area contributed by atoms with Crippen LogP contribution >= 0.6 is 0 Å². The van der Waals surface area contributed by atoms with Gasteiger partial charge in [0, 0.05) is 6.54 Å². The summed E-state index contributed by atoms with van der Waals surface area (Å²) in [6, 6.07) is 7.87. The maximum atomic E-state index is 12.2. The van der Waals surface area contributed by atoms with Crippen LogP contribution in [0.1, 0.15) is 65.2 Å². The number of carbonyl (C=O) groups excluding carboxylic acids is 1. The van der Waals surface area contributed by atoms with Crippen molar-refractivity contribution >= 4 is 19.3 Å². The SMILES string of the molecule is Cc1ccc(C=C(CNC(=O)OC(C)(C)C)B2OC(C)(C)C(C)(C)O2)c(C#N)c1. The topological polar surface area (TPSA) is 80.6 Å². The minimum absolute atomic E-state index is 0.171. The highest BCUT2D eigenvalue weighted by atomic mass is 16.7. The van der Waals surface area contributed by atoms with Gasteiger partial charge in [0.1, 0.15) is 5.60 Å². The second-order valence-electron chi connectivity index (χ2n) is 9.37. The lowest BCUT2D eigenvalue weighted by Crippen LogP contribution is -2.41. The minimum Gasteiger partial charge on any atom is -0.444 e. The molecule has 1 amide bonds. The van der Waals surface area contributed by atoms with Crippen molar-refractivity contribution in [3.8, 4) is 6.07 Å². The van der Waals surface area contributed by atoms with Gasteiger partial charge in [0.2, 0.25) is 0 Å². The molecule has 2 rings (SSSR count). The van der Waals surface area contributed by atoms with E-state index in [0.717, 1.165) is 11.1 Å². The van der Waals surface area contributed by atoms with Gasteiger partial charge in [0.25, 0.3) is 0 Å². The Balaban J connectivity index is 2.34. The largest absolute Gasteiger partial charge is 0.492 e. The van der Waals surface area contributed by atoms with Gasteiger partial charge in [-0.05, 0) is 78.1 Å². The summed E-state index contributed by atoms with van der Waals surface area (Å²) in [4.78, 5) is 12.2. The Kier molecular flexibility index (Phi) is 6.51. The summed E-state index contributed by atoms with van der Waals surface area (Å²) in [5, 5.41) is 12.3. The molecule has 0 atom stereocenters. The maximum Gasteiger partial charge on any atom is 0.492 e. The highest BCUT2D eigenvalue weighted by molar-refractivity contribution is 6.56. The van der Waals surface area contributed by atoms with Crippen molar-refractivity contribution in [1.29, 1.82) is 5.26 Å². The molecule has 7 heteroatoms. The van der Waals surface area contributed by atoms with Crippen molar-refractivity contribution < 1.29 is 18.8 Å². The fourth-order valence-corrected chi connectivity index (χ4v) is 2.78. The summed E-state index contributed by atoms with van der Waals surface area (Å²) < 4.78 is 17.7. The van der Waals surface area contributed by atoms with Crippen molar-refractivity contribution in [2.45, 2.75) is 72.2 Å². The molecular formula is C22H31BN2O4. The number of amides is 1. The Morgan fingerprint density at radius 2 is 1.83 bits per heavy atom. The van der Waals surface area contributed by atoms with Crippen LogP contribution in [-0.4, -0.2) is 36.6 Å². The number of hydrogen-bond acceptors (Lipinski definition) is 5. The number of ether oxygens (including phenoxy) is 1. The second-order valence-corrected chi connectivity index (χ2v) is 9.37. The fraction of sp³-hybridized carbons (Fsp3) is 0.545. The summed E-state index contributed by atoms with van der Waals surface area (Å²) >= 11 is 0. The third-order valence-electron chi connectivity index (χ3n) is 5.06. The van der Waals surface area contributed by atoms with Crippen LogP contribution in [0.4, 0.5) is 4.79 Å². The van der Waals surface area contributed by atoms with Crippen molar-refractivity contribution in [3.63, 3.8) is 0 Å². The molecular weight excluding hydrogens is 367 g/mol. The molecule has 0 spiro atoms. The average Bonchev–Trinajstić information content (AvgIpc) is 2.78. The van der Waals surface area contributed by atoms with E-state index < -0.39 is 30.0 Å². The third-order valence-corrected chi connectivity index (χ3v) is 5.06. The Bertz CT molecular complexity index is 831. The van der Waals surface area contributed by atoms with Gasteiger partial charge in [0.15, 0.2) is 0 Å². The molecule has 156 valence electrons. The first-order chi connectivity index (χ1) is 13.2. The van der Waals surface area contributed by atoms with Gasteiger partial charge < -0.3 is 19.4 Å². The highest BCUT2D eigenvalue weighted by Gasteiger charge is 2.52. The zero-order chi connectivity index (χ0) is 22.0. The Morgan fingerprint density at radius 1 is 1.24 bits per heavy atom. The van der Waals surface area contributed by atoms with Crippen LogP contribution in [0.15, 0.2) is 23.7 Å². The number of alkyl carbamates (subject to hydrolysis) is 1. The molecule has 1 aliphatic rings. The number of hydrogen-bond donors (Lipinski definition) is 1. The number of nitriles is 1. The zero-order valence-corrected chi connectivity index (χ0v) is 18.7. The monoisotopic (exact) mass is 398 g/mol. The van der Waals surface area contributed by atoms with Crippen LogP contribution in [0.25, 0.3) is 6.08 Å². The lowest BCUT2D eigenvalue weighted by molar-refractivity contribution is 0.00578. The predicted molar refractivity (Wildman–Crippen MR) is 114 cm³/mol. The van der Waals surface area contributed by atoms with Gasteiger partial charge in [-0.1, -0.05) is 18.2 Å². The van der Waals surface area contributed by atoms with Gasteiger partial charge in [-0.2, -0.15) is 5.26 Å². The van der Waals surface area contributed by atoms with Crippen molar-refractivity contribution in [1.82, 2.24) is 5.32 Å². The molecule has 1 saturated heterocycles. The standard InChI is InChI=1S/C22H31BN2O4/c1-15-9-10-16(17(11-15)13-24)12-18(14-25-19(26)27-20(2,3)4)23-28-21(5,6)22(7,8)29-23/h9-12H,14H2,1-8H3,(H,25,26). The first-order valence-electron chi connectivity index (χ1n) is 9.78. The van der Waals surface area contributed by atoms with Gasteiger partial charge >= 0.3 is 13.2 Å². The lowest BCUT2D eigenvalue weighted by Gasteiger charge is -2.32. The molecule has 1 N–H and O–H groups in total. The molecule has 1 fully saturated rings. The maximum absolute atomic E-state index is 12.2. The van der Waals surface area contributed by atoms with Crippen LogP contribution in [0, 0.1) is 18.3 Å². The zero-order valence-electron chi connectivity index (χ0n) is 18.7. The van der Waals surface area contributed by atoms with Crippen molar-refractivity contribution in [2.24, 2.45) is 0 Å². The average molecular weight is 398 g/mol. The van der Waals surface area contributed by atoms with E-state index in [4.69, 9.17) is 14.0 Å². The van der Waals surface area contributed by atoms with Crippen LogP contribution in [0.2, 0.25) is 0 Å². The summed E-state index contributed by atoms with van der Waals surface area (Å²) in [6.07, 6.45) is 1.32. The van der Waals surface area contributed by atoms with E-state index in [1.807, 2.05) is 79.7 Å². The molecule has 29 heavy (non-hydrogen) atoms. The molecule has 0 bridgehead atoms. The smallest absolute Gasteiger partial charge is 0.444 e. The van der Waals surface area contributed by atoms with E-state index in [2.05, 4.69) is 11.4 Å². The van der Waals surface area contributed by atoms with Crippen molar-refractivity contribution in [2.75, 3.05) is 6.54 Å². The lowest BCUT2D eigenvalue weighted by atomic mass is 9.76. The van der Waals surface area contributed by atoms with E-state index in [9.17, 15) is 10.1 Å². The van der Waals surface area contributed by atoms with E-state index in [1.54, 1.807) is 0 Å². The number of nitrogens with zero attached hydrogens (tertiary/aromatic N) is 1. The number of rotatable bonds is 4. The number of nitrogens with one attached hydrogen (secondary N) is 1. The van der Waals surface area contributed by atoms with E-state index in [1.165, 1.54) is 0 Å². The normalized spacial score (nSPS) is 18.3. The Hall–Kier alpha value is -2.30. The first kappa shape index (κ1) is 23.0. The summed E-state index contributed by atoms with van der Waals surface area (Å²) in [6.45, 7) is 15.4. The van der Waals surface area contributed by atoms with Gasteiger partial charge in [0.05, 0.1) is 22.8 Å².